The van der Waals surface area contributed by atoms with Crippen molar-refractivity contribution in [3.05, 3.63) is 41.3 Å². The third kappa shape index (κ3) is 3.18. The van der Waals surface area contributed by atoms with Crippen LogP contribution in [0.5, 0.6) is 11.6 Å². The first kappa shape index (κ1) is 15.0. The molecule has 21 heavy (non-hydrogen) atoms. The van der Waals surface area contributed by atoms with E-state index in [2.05, 4.69) is 9.97 Å². The lowest BCUT2D eigenvalue weighted by atomic mass is 9.80. The Balaban J connectivity index is 2.29. The number of benzene rings is 1. The first-order valence-electron chi connectivity index (χ1n) is 6.07. The van der Waals surface area contributed by atoms with E-state index in [4.69, 9.17) is 10.5 Å². The number of aromatic nitrogens is 2. The molecule has 7 nitrogen and oxygen atoms in total. The molecule has 1 radical (unpaired) electrons. The molecule has 107 valence electrons. The van der Waals surface area contributed by atoms with Gasteiger partial charge in [0.25, 0.3) is 5.91 Å². The van der Waals surface area contributed by atoms with Crippen LogP contribution in [0.15, 0.2) is 24.5 Å². The van der Waals surface area contributed by atoms with Crippen LogP contribution in [-0.4, -0.2) is 33.5 Å². The Morgan fingerprint density at radius 3 is 2.67 bits per heavy atom. The van der Waals surface area contributed by atoms with Gasteiger partial charge in [0.2, 0.25) is 5.88 Å². The first-order valence-corrected chi connectivity index (χ1v) is 6.07. The van der Waals surface area contributed by atoms with E-state index in [1.54, 1.807) is 19.1 Å². The molecule has 0 aliphatic carbocycles. The number of hydrogen-bond donors (Lipinski definition) is 3. The quantitative estimate of drug-likeness (QED) is 0.632. The summed E-state index contributed by atoms with van der Waals surface area (Å²) in [7, 11) is 0.912. The Morgan fingerprint density at radius 1 is 1.38 bits per heavy atom. The summed E-state index contributed by atoms with van der Waals surface area (Å²) in [6, 6.07) is 3.28. The lowest BCUT2D eigenvalue weighted by Gasteiger charge is -2.13. The second-order valence-corrected chi connectivity index (χ2v) is 4.25. The molecule has 4 N–H and O–H groups in total. The maximum Gasteiger partial charge on any atom is 0.327 e. The second kappa shape index (κ2) is 6.34. The molecule has 0 aliphatic rings. The number of carbonyl (C=O) groups excluding carboxylic acids is 1. The van der Waals surface area contributed by atoms with Gasteiger partial charge < -0.3 is 20.6 Å². The average molecular weight is 286 g/mol. The number of ether oxygens (including phenoxy) is 1. The number of primary amides is 1. The summed E-state index contributed by atoms with van der Waals surface area (Å²) in [5.74, 6) is -0.0351. The summed E-state index contributed by atoms with van der Waals surface area (Å²) in [6.07, 6.45) is 2.50. The zero-order valence-corrected chi connectivity index (χ0v) is 11.3. The van der Waals surface area contributed by atoms with Crippen molar-refractivity contribution in [2.45, 2.75) is 13.5 Å². The molecule has 1 aromatic carbocycles. The average Bonchev–Trinajstić information content (AvgIpc) is 2.49. The van der Waals surface area contributed by atoms with E-state index in [1.165, 1.54) is 12.4 Å². The van der Waals surface area contributed by atoms with Gasteiger partial charge in [-0.1, -0.05) is 6.07 Å². The molecular weight excluding hydrogens is 273 g/mol. The van der Waals surface area contributed by atoms with Crippen LogP contribution in [0, 0.1) is 6.92 Å². The molecule has 0 spiro atoms. The van der Waals surface area contributed by atoms with Crippen LogP contribution in [0.2, 0.25) is 0 Å². The number of amides is 1. The molecule has 0 saturated heterocycles. The molecule has 0 bridgehead atoms. The topological polar surface area (TPSA) is 119 Å². The normalized spacial score (nSPS) is 10.2. The van der Waals surface area contributed by atoms with Gasteiger partial charge in [0.15, 0.2) is 0 Å². The summed E-state index contributed by atoms with van der Waals surface area (Å²) < 4.78 is 5.55. The molecule has 0 aliphatic heterocycles. The highest BCUT2D eigenvalue weighted by Crippen LogP contribution is 2.22. The molecule has 0 atom stereocenters. The zero-order chi connectivity index (χ0) is 15.4. The molecule has 0 unspecified atom stereocenters. The van der Waals surface area contributed by atoms with Gasteiger partial charge in [0.1, 0.15) is 11.4 Å². The molecule has 2 aromatic rings. The van der Waals surface area contributed by atoms with Crippen molar-refractivity contribution in [3.63, 3.8) is 0 Å². The molecule has 8 heteroatoms. The third-order valence-electron chi connectivity index (χ3n) is 2.95. The first-order chi connectivity index (χ1) is 10.1. The van der Waals surface area contributed by atoms with Gasteiger partial charge in [-0.3, -0.25) is 4.79 Å². The molecule has 0 fully saturated rings. The van der Waals surface area contributed by atoms with E-state index in [-0.39, 0.29) is 18.2 Å². The van der Waals surface area contributed by atoms with Crippen molar-refractivity contribution in [1.82, 2.24) is 9.97 Å². The Hall–Kier alpha value is -2.45. The van der Waals surface area contributed by atoms with E-state index in [9.17, 15) is 14.9 Å². The van der Waals surface area contributed by atoms with Gasteiger partial charge >= 0.3 is 7.48 Å². The predicted octanol–water partition coefficient (Wildman–Crippen LogP) is -0.595. The third-order valence-corrected chi connectivity index (χ3v) is 2.95. The van der Waals surface area contributed by atoms with Crippen LogP contribution in [0.25, 0.3) is 0 Å². The highest BCUT2D eigenvalue weighted by molar-refractivity contribution is 6.47. The highest BCUT2D eigenvalue weighted by atomic mass is 16.5. The van der Waals surface area contributed by atoms with Crippen LogP contribution >= 0.6 is 0 Å². The SMILES string of the molecule is Cc1c(Oc2cnc(C(N)=O)cn2)ccc(CO)c1[B]O. The Labute approximate surface area is 121 Å². The molecule has 1 heterocycles. The minimum absolute atomic E-state index is 0.0408. The largest absolute Gasteiger partial charge is 0.450 e. The minimum Gasteiger partial charge on any atom is -0.450 e. The van der Waals surface area contributed by atoms with Crippen molar-refractivity contribution in [2.24, 2.45) is 5.73 Å². The fourth-order valence-electron chi connectivity index (χ4n) is 1.80. The number of nitrogens with two attached hydrogens (primary N) is 1. The highest BCUT2D eigenvalue weighted by Gasteiger charge is 2.12. The van der Waals surface area contributed by atoms with Crippen molar-refractivity contribution in [1.29, 1.82) is 0 Å². The van der Waals surface area contributed by atoms with Crippen molar-refractivity contribution in [2.75, 3.05) is 0 Å². The Bertz CT molecular complexity index is 661. The standard InChI is InChI=1S/C13H13BN3O4/c1-7-10(3-2-8(6-18)12(7)14-20)21-11-5-16-9(4-17-11)13(15)19/h2-5,18,20H,6H2,1H3,(H2,15,19). The van der Waals surface area contributed by atoms with Crippen LogP contribution in [0.3, 0.4) is 0 Å². The van der Waals surface area contributed by atoms with Crippen LogP contribution in [0.4, 0.5) is 0 Å². The van der Waals surface area contributed by atoms with E-state index in [0.29, 0.717) is 22.3 Å². The maximum absolute atomic E-state index is 10.9. The minimum atomic E-state index is -0.672. The monoisotopic (exact) mass is 286 g/mol. The number of hydrogen-bond acceptors (Lipinski definition) is 6. The second-order valence-electron chi connectivity index (χ2n) is 4.25. The lowest BCUT2D eigenvalue weighted by Crippen LogP contribution is -2.23. The van der Waals surface area contributed by atoms with E-state index in [1.807, 2.05) is 0 Å². The van der Waals surface area contributed by atoms with Crippen molar-refractivity contribution >= 4 is 18.9 Å². The van der Waals surface area contributed by atoms with Crippen molar-refractivity contribution < 1.29 is 19.7 Å². The van der Waals surface area contributed by atoms with Gasteiger partial charge in [-0.25, -0.2) is 9.97 Å². The molecule has 2 rings (SSSR count). The Morgan fingerprint density at radius 2 is 2.14 bits per heavy atom. The molecular formula is C13H13BN3O4. The molecule has 1 amide bonds. The van der Waals surface area contributed by atoms with Crippen LogP contribution in [0.1, 0.15) is 21.6 Å². The summed E-state index contributed by atoms with van der Waals surface area (Å²) in [6.45, 7) is 1.54. The molecule has 1 aromatic heterocycles. The zero-order valence-electron chi connectivity index (χ0n) is 11.3. The smallest absolute Gasteiger partial charge is 0.327 e. The van der Waals surface area contributed by atoms with Gasteiger partial charge in [0.05, 0.1) is 19.0 Å². The maximum atomic E-state index is 10.9. The number of nitrogens with zero attached hydrogens (tertiary/aromatic N) is 2. The number of aliphatic hydroxyl groups is 1. The van der Waals surface area contributed by atoms with Gasteiger partial charge in [-0.2, -0.15) is 0 Å². The van der Waals surface area contributed by atoms with Gasteiger partial charge in [-0.05, 0) is 29.6 Å². The van der Waals surface area contributed by atoms with E-state index < -0.39 is 5.91 Å². The van der Waals surface area contributed by atoms with Crippen molar-refractivity contribution in [3.8, 4) is 11.6 Å². The summed E-state index contributed by atoms with van der Waals surface area (Å²) in [5.41, 5.74) is 6.82. The van der Waals surface area contributed by atoms with Crippen LogP contribution < -0.4 is 15.9 Å². The number of carbonyl (C=O) groups is 1. The molecule has 0 saturated carbocycles. The van der Waals surface area contributed by atoms with E-state index in [0.717, 1.165) is 7.48 Å². The fourth-order valence-corrected chi connectivity index (χ4v) is 1.80. The van der Waals surface area contributed by atoms with Gasteiger partial charge in [0, 0.05) is 0 Å². The lowest BCUT2D eigenvalue weighted by molar-refractivity contribution is 0.0995. The van der Waals surface area contributed by atoms with E-state index >= 15 is 0 Å². The Kier molecular flexibility index (Phi) is 4.51. The summed E-state index contributed by atoms with van der Waals surface area (Å²) in [5, 5.41) is 18.4. The van der Waals surface area contributed by atoms with Gasteiger partial charge in [-0.15, -0.1) is 0 Å². The summed E-state index contributed by atoms with van der Waals surface area (Å²) >= 11 is 0. The van der Waals surface area contributed by atoms with Crippen LogP contribution in [-0.2, 0) is 6.61 Å². The summed E-state index contributed by atoms with van der Waals surface area (Å²) in [4.78, 5) is 18.6. The number of rotatable bonds is 5. The predicted molar refractivity (Wildman–Crippen MR) is 75.3 cm³/mol. The fraction of sp³-hybridized carbons (Fsp3) is 0.154. The number of aliphatic hydroxyl groups excluding tert-OH is 1.